The molecule has 2 rings (SSSR count). The first-order chi connectivity index (χ1) is 9.36. The van der Waals surface area contributed by atoms with Crippen molar-refractivity contribution in [3.63, 3.8) is 0 Å². The largest absolute Gasteiger partial charge is 0.504 e. The van der Waals surface area contributed by atoms with Crippen LogP contribution in [-0.2, 0) is 7.05 Å². The molecular formula is C13H13FN2O4. The van der Waals surface area contributed by atoms with Crippen LogP contribution in [-0.4, -0.2) is 33.1 Å². The standard InChI is InChI=1S/C13H13FN2O4/c1-6-4-7(14)12(20-3)11(17)10(6)9-5-8(13(18)19)15-16(9)2/h4-5,17H,1-3H3,(H,18,19). The molecule has 0 spiro atoms. The highest BCUT2D eigenvalue weighted by atomic mass is 19.1. The highest BCUT2D eigenvalue weighted by Gasteiger charge is 2.22. The number of hydrogen-bond acceptors (Lipinski definition) is 4. The van der Waals surface area contributed by atoms with Gasteiger partial charge in [0.15, 0.2) is 23.0 Å². The number of aromatic carboxylic acids is 1. The van der Waals surface area contributed by atoms with Gasteiger partial charge < -0.3 is 14.9 Å². The van der Waals surface area contributed by atoms with E-state index >= 15 is 0 Å². The van der Waals surface area contributed by atoms with Gasteiger partial charge in [0, 0.05) is 12.6 Å². The molecule has 1 aromatic carbocycles. The number of carbonyl (C=O) groups is 1. The van der Waals surface area contributed by atoms with E-state index in [-0.39, 0.29) is 22.8 Å². The molecule has 0 amide bonds. The van der Waals surface area contributed by atoms with Crippen molar-refractivity contribution >= 4 is 5.97 Å². The molecule has 0 saturated heterocycles. The average molecular weight is 280 g/mol. The summed E-state index contributed by atoms with van der Waals surface area (Å²) in [4.78, 5) is 10.9. The van der Waals surface area contributed by atoms with Gasteiger partial charge in [0.05, 0.1) is 12.8 Å². The number of aromatic hydroxyl groups is 1. The monoisotopic (exact) mass is 280 g/mol. The molecule has 7 heteroatoms. The molecule has 0 aliphatic rings. The summed E-state index contributed by atoms with van der Waals surface area (Å²) >= 11 is 0. The fraction of sp³-hybridized carbons (Fsp3) is 0.231. The number of phenols is 1. The molecule has 0 aliphatic heterocycles. The van der Waals surface area contributed by atoms with E-state index in [1.165, 1.54) is 31.0 Å². The van der Waals surface area contributed by atoms with Crippen molar-refractivity contribution in [2.24, 2.45) is 7.05 Å². The number of nitrogens with zero attached hydrogens (tertiary/aromatic N) is 2. The SMILES string of the molecule is COc1c(F)cc(C)c(-c2cc(C(=O)O)nn2C)c1O. The second-order valence-corrected chi connectivity index (χ2v) is 4.28. The lowest BCUT2D eigenvalue weighted by molar-refractivity contribution is 0.0689. The number of hydrogen-bond donors (Lipinski definition) is 2. The minimum Gasteiger partial charge on any atom is -0.504 e. The lowest BCUT2D eigenvalue weighted by Crippen LogP contribution is -2.00. The number of carboxylic acid groups (broad SMARTS) is 1. The number of aromatic nitrogens is 2. The second kappa shape index (κ2) is 4.84. The van der Waals surface area contributed by atoms with Gasteiger partial charge in [-0.3, -0.25) is 4.68 Å². The summed E-state index contributed by atoms with van der Waals surface area (Å²) < 4.78 is 19.8. The Morgan fingerprint density at radius 2 is 2.10 bits per heavy atom. The molecule has 0 radical (unpaired) electrons. The zero-order chi connectivity index (χ0) is 15.0. The number of benzene rings is 1. The predicted octanol–water partition coefficient (Wildman–Crippen LogP) is 1.95. The van der Waals surface area contributed by atoms with E-state index in [2.05, 4.69) is 5.10 Å². The minimum absolute atomic E-state index is 0.162. The molecule has 1 aromatic heterocycles. The van der Waals surface area contributed by atoms with Crippen LogP contribution in [0.3, 0.4) is 0 Å². The third-order valence-electron chi connectivity index (χ3n) is 2.97. The predicted molar refractivity (Wildman–Crippen MR) is 68.5 cm³/mol. The molecule has 2 aromatic rings. The zero-order valence-electron chi connectivity index (χ0n) is 11.1. The topological polar surface area (TPSA) is 84.6 Å². The van der Waals surface area contributed by atoms with Crippen molar-refractivity contribution in [3.8, 4) is 22.8 Å². The molecule has 0 saturated carbocycles. The van der Waals surface area contributed by atoms with Gasteiger partial charge in [-0.25, -0.2) is 9.18 Å². The summed E-state index contributed by atoms with van der Waals surface area (Å²) in [5.41, 5.74) is 0.923. The number of ether oxygens (including phenoxy) is 1. The van der Waals surface area contributed by atoms with Gasteiger partial charge >= 0.3 is 5.97 Å². The van der Waals surface area contributed by atoms with Crippen LogP contribution >= 0.6 is 0 Å². The lowest BCUT2D eigenvalue weighted by atomic mass is 10.0. The summed E-state index contributed by atoms with van der Waals surface area (Å²) in [7, 11) is 2.78. The van der Waals surface area contributed by atoms with Crippen molar-refractivity contribution in [2.45, 2.75) is 6.92 Å². The molecule has 0 atom stereocenters. The first-order valence-corrected chi connectivity index (χ1v) is 5.70. The van der Waals surface area contributed by atoms with Crippen LogP contribution in [0.2, 0.25) is 0 Å². The Kier molecular flexibility index (Phi) is 3.35. The lowest BCUT2D eigenvalue weighted by Gasteiger charge is -2.13. The van der Waals surface area contributed by atoms with Crippen molar-refractivity contribution < 1.29 is 24.1 Å². The molecule has 6 nitrogen and oxygen atoms in total. The molecular weight excluding hydrogens is 267 g/mol. The number of carboxylic acids is 1. The van der Waals surface area contributed by atoms with Gasteiger partial charge in [-0.05, 0) is 24.6 Å². The highest BCUT2D eigenvalue weighted by Crippen LogP contribution is 2.41. The van der Waals surface area contributed by atoms with E-state index in [9.17, 15) is 14.3 Å². The highest BCUT2D eigenvalue weighted by molar-refractivity contribution is 5.88. The van der Waals surface area contributed by atoms with E-state index in [4.69, 9.17) is 9.84 Å². The van der Waals surface area contributed by atoms with Crippen LogP contribution in [0.25, 0.3) is 11.3 Å². The number of rotatable bonds is 3. The van der Waals surface area contributed by atoms with Crippen LogP contribution in [0, 0.1) is 12.7 Å². The maximum Gasteiger partial charge on any atom is 0.356 e. The Bertz CT molecular complexity index is 694. The Balaban J connectivity index is 2.73. The van der Waals surface area contributed by atoms with E-state index in [1.54, 1.807) is 6.92 Å². The van der Waals surface area contributed by atoms with Crippen molar-refractivity contribution in [3.05, 3.63) is 29.2 Å². The fourth-order valence-corrected chi connectivity index (χ4v) is 2.06. The van der Waals surface area contributed by atoms with Gasteiger partial charge in [-0.15, -0.1) is 0 Å². The van der Waals surface area contributed by atoms with Crippen molar-refractivity contribution in [2.75, 3.05) is 7.11 Å². The fourth-order valence-electron chi connectivity index (χ4n) is 2.06. The molecule has 2 N–H and O–H groups in total. The second-order valence-electron chi connectivity index (χ2n) is 4.28. The minimum atomic E-state index is -1.18. The van der Waals surface area contributed by atoms with Gasteiger partial charge in [-0.1, -0.05) is 0 Å². The van der Waals surface area contributed by atoms with Crippen LogP contribution in [0.15, 0.2) is 12.1 Å². The molecule has 0 aliphatic carbocycles. The molecule has 20 heavy (non-hydrogen) atoms. The first kappa shape index (κ1) is 13.9. The number of phenolic OH excluding ortho intramolecular Hbond substituents is 1. The van der Waals surface area contributed by atoms with Gasteiger partial charge in [0.1, 0.15) is 0 Å². The van der Waals surface area contributed by atoms with Crippen LogP contribution < -0.4 is 4.74 Å². The summed E-state index contributed by atoms with van der Waals surface area (Å²) in [5.74, 6) is -2.54. The smallest absolute Gasteiger partial charge is 0.356 e. The Morgan fingerprint density at radius 3 is 2.60 bits per heavy atom. The third kappa shape index (κ3) is 2.07. The quantitative estimate of drug-likeness (QED) is 0.897. The van der Waals surface area contributed by atoms with E-state index in [0.717, 1.165) is 0 Å². The molecule has 1 heterocycles. The Hall–Kier alpha value is -2.57. The van der Waals surface area contributed by atoms with Crippen LogP contribution in [0.4, 0.5) is 4.39 Å². The van der Waals surface area contributed by atoms with Gasteiger partial charge in [0.25, 0.3) is 0 Å². The van der Waals surface area contributed by atoms with Crippen molar-refractivity contribution in [1.29, 1.82) is 0 Å². The molecule has 106 valence electrons. The average Bonchev–Trinajstić information content (AvgIpc) is 2.72. The van der Waals surface area contributed by atoms with Gasteiger partial charge in [0.2, 0.25) is 0 Å². The summed E-state index contributed by atoms with van der Waals surface area (Å²) in [5, 5.41) is 22.9. The maximum absolute atomic E-state index is 13.6. The normalized spacial score (nSPS) is 10.6. The van der Waals surface area contributed by atoms with E-state index in [0.29, 0.717) is 11.3 Å². The molecule has 0 fully saturated rings. The first-order valence-electron chi connectivity index (χ1n) is 5.70. The third-order valence-corrected chi connectivity index (χ3v) is 2.97. The summed E-state index contributed by atoms with van der Waals surface area (Å²) in [6.07, 6.45) is 0. The maximum atomic E-state index is 13.6. The number of halogens is 1. The molecule has 0 unspecified atom stereocenters. The molecule has 0 bridgehead atoms. The summed E-state index contributed by atoms with van der Waals surface area (Å²) in [6.45, 7) is 1.60. The van der Waals surface area contributed by atoms with Crippen LogP contribution in [0.1, 0.15) is 16.1 Å². The van der Waals surface area contributed by atoms with E-state index in [1.807, 2.05) is 0 Å². The number of aryl methyl sites for hydroxylation is 2. The number of methoxy groups -OCH3 is 1. The zero-order valence-corrected chi connectivity index (χ0v) is 11.1. The Labute approximate surface area is 114 Å². The van der Waals surface area contributed by atoms with Crippen LogP contribution in [0.5, 0.6) is 11.5 Å². The van der Waals surface area contributed by atoms with Crippen molar-refractivity contribution in [1.82, 2.24) is 9.78 Å². The van der Waals surface area contributed by atoms with E-state index < -0.39 is 11.8 Å². The van der Waals surface area contributed by atoms with Gasteiger partial charge in [-0.2, -0.15) is 5.10 Å². The summed E-state index contributed by atoms with van der Waals surface area (Å²) in [6, 6.07) is 2.52. The Morgan fingerprint density at radius 1 is 1.45 bits per heavy atom.